The van der Waals surface area contributed by atoms with Gasteiger partial charge in [-0.15, -0.1) is 36.2 Å². The van der Waals surface area contributed by atoms with Crippen LogP contribution in [0.15, 0.2) is 52.3 Å². The minimum absolute atomic E-state index is 0. The smallest absolute Gasteiger partial charge is 0.416 e. The van der Waals surface area contributed by atoms with Gasteiger partial charge in [-0.05, 0) is 56.0 Å². The summed E-state index contributed by atoms with van der Waals surface area (Å²) in [6.07, 6.45) is 0.391. The first-order valence-corrected chi connectivity index (χ1v) is 12.6. The molecule has 0 unspecified atom stereocenters. The summed E-state index contributed by atoms with van der Waals surface area (Å²) in [5.41, 5.74) is 6.17. The van der Waals surface area contributed by atoms with Gasteiger partial charge in [0.1, 0.15) is 11.9 Å². The predicted molar refractivity (Wildman–Crippen MR) is 151 cm³/mol. The first-order chi connectivity index (χ1) is 17.5. The first kappa shape index (κ1) is 30.7. The van der Waals surface area contributed by atoms with Gasteiger partial charge in [0, 0.05) is 47.6 Å². The molecule has 1 fully saturated rings. The maximum absolute atomic E-state index is 13.8. The molecule has 0 bridgehead atoms. The van der Waals surface area contributed by atoms with Crippen LogP contribution in [0.1, 0.15) is 35.3 Å². The van der Waals surface area contributed by atoms with Gasteiger partial charge in [0.05, 0.1) is 22.3 Å². The van der Waals surface area contributed by atoms with Crippen LogP contribution in [-0.2, 0) is 19.8 Å². The fourth-order valence-corrected chi connectivity index (χ4v) is 5.86. The molecule has 1 saturated carbocycles. The van der Waals surface area contributed by atoms with E-state index in [9.17, 15) is 22.8 Å². The van der Waals surface area contributed by atoms with Gasteiger partial charge in [-0.3, -0.25) is 14.3 Å². The largest absolute Gasteiger partial charge is 0.489 e. The van der Waals surface area contributed by atoms with E-state index in [4.69, 9.17) is 10.5 Å². The van der Waals surface area contributed by atoms with Gasteiger partial charge < -0.3 is 15.0 Å². The molecule has 3 aromatic heterocycles. The van der Waals surface area contributed by atoms with Gasteiger partial charge in [-0.25, -0.2) is 4.79 Å². The van der Waals surface area contributed by atoms with Gasteiger partial charge in [0.15, 0.2) is 0 Å². The Morgan fingerprint density at radius 3 is 2.54 bits per heavy atom. The van der Waals surface area contributed by atoms with Crippen LogP contribution in [0, 0.1) is 6.92 Å². The Kier molecular flexibility index (Phi) is 9.21. The van der Waals surface area contributed by atoms with Gasteiger partial charge in [0.25, 0.3) is 5.56 Å². The van der Waals surface area contributed by atoms with Crippen molar-refractivity contribution < 1.29 is 17.9 Å². The maximum atomic E-state index is 13.8. The van der Waals surface area contributed by atoms with Crippen LogP contribution in [0.2, 0.25) is 0 Å². The molecule has 0 aliphatic heterocycles. The summed E-state index contributed by atoms with van der Waals surface area (Å²) in [6.45, 7) is 1.64. The Morgan fingerprint density at radius 1 is 1.13 bits per heavy atom. The highest BCUT2D eigenvalue weighted by Gasteiger charge is 2.33. The summed E-state index contributed by atoms with van der Waals surface area (Å²) in [7, 11) is 1.55. The lowest BCUT2D eigenvalue weighted by Gasteiger charge is -2.21. The number of ether oxygens (including phenoxy) is 1. The number of aryl methyl sites for hydroxylation is 2. The molecule has 1 aliphatic rings. The van der Waals surface area contributed by atoms with Crippen LogP contribution < -0.4 is 21.7 Å². The number of alkyl halides is 3. The Bertz CT molecular complexity index is 1620. The van der Waals surface area contributed by atoms with E-state index < -0.39 is 23.0 Å². The lowest BCUT2D eigenvalue weighted by atomic mass is 9.98. The van der Waals surface area contributed by atoms with Crippen LogP contribution in [0.4, 0.5) is 13.2 Å². The Hall–Kier alpha value is -2.86. The Balaban J connectivity index is 0.00000210. The zero-order valence-electron chi connectivity index (χ0n) is 21.0. The maximum Gasteiger partial charge on any atom is 0.416 e. The number of nitrogens with zero attached hydrogens (tertiary/aromatic N) is 3. The molecule has 0 amide bonds. The number of hydrogen-bond acceptors (Lipinski definition) is 6. The van der Waals surface area contributed by atoms with Crippen molar-refractivity contribution in [2.75, 3.05) is 0 Å². The third-order valence-corrected chi connectivity index (χ3v) is 7.76. The number of aromatic nitrogens is 3. The van der Waals surface area contributed by atoms with E-state index in [1.165, 1.54) is 34.4 Å². The second-order valence-corrected chi connectivity index (χ2v) is 10.5. The van der Waals surface area contributed by atoms with Crippen molar-refractivity contribution in [1.82, 2.24) is 14.1 Å². The standard InChI is InChI=1S/C26H25F3N4O3S.2ClH/c1-14-9-15(26(27,28)29)10-20(23(14)36-17-4-3-16(30)11-17)19-5-7-31-21-12-18(37-24(19)21)13-33-22(34)6-8-32(2)25(33)35;;/h5-10,12,16-17H,3-4,11,13,30H2,1-2H3;2*1H/t16-,17-;;/m1../s1. The van der Waals surface area contributed by atoms with E-state index >= 15 is 0 Å². The second kappa shape index (κ2) is 11.7. The molecular weight excluding hydrogens is 576 g/mol. The predicted octanol–water partition coefficient (Wildman–Crippen LogP) is 5.30. The zero-order valence-corrected chi connectivity index (χ0v) is 23.5. The Labute approximate surface area is 238 Å². The monoisotopic (exact) mass is 602 g/mol. The molecule has 0 saturated heterocycles. The summed E-state index contributed by atoms with van der Waals surface area (Å²) in [4.78, 5) is 29.9. The van der Waals surface area contributed by atoms with Crippen molar-refractivity contribution in [2.45, 2.75) is 51.1 Å². The highest BCUT2D eigenvalue weighted by atomic mass is 35.5. The number of benzene rings is 1. The molecule has 3 heterocycles. The molecule has 4 aromatic rings. The number of fused-ring (bicyclic) bond motifs is 1. The lowest BCUT2D eigenvalue weighted by Crippen LogP contribution is -2.37. The van der Waals surface area contributed by atoms with Gasteiger partial charge in [-0.1, -0.05) is 0 Å². The summed E-state index contributed by atoms with van der Waals surface area (Å²) in [5, 5.41) is 0. The van der Waals surface area contributed by atoms with Crippen molar-refractivity contribution in [3.8, 4) is 16.9 Å². The highest BCUT2D eigenvalue weighted by Crippen LogP contribution is 2.44. The molecule has 13 heteroatoms. The van der Waals surface area contributed by atoms with Crippen molar-refractivity contribution in [1.29, 1.82) is 0 Å². The van der Waals surface area contributed by atoms with Crippen molar-refractivity contribution >= 4 is 46.4 Å². The van der Waals surface area contributed by atoms with Crippen LogP contribution in [0.25, 0.3) is 21.3 Å². The van der Waals surface area contributed by atoms with Crippen molar-refractivity contribution in [2.24, 2.45) is 12.8 Å². The fraction of sp³-hybridized carbons (Fsp3) is 0.346. The number of rotatable bonds is 5. The lowest BCUT2D eigenvalue weighted by molar-refractivity contribution is -0.137. The molecule has 1 aliphatic carbocycles. The highest BCUT2D eigenvalue weighted by molar-refractivity contribution is 7.19. The molecule has 210 valence electrons. The number of thiophene rings is 1. The number of nitrogens with two attached hydrogens (primary N) is 1. The molecule has 39 heavy (non-hydrogen) atoms. The van der Waals surface area contributed by atoms with E-state index in [1.54, 1.807) is 26.1 Å². The van der Waals surface area contributed by atoms with E-state index in [1.807, 2.05) is 0 Å². The van der Waals surface area contributed by atoms with Crippen LogP contribution in [-0.4, -0.2) is 26.3 Å². The van der Waals surface area contributed by atoms with Gasteiger partial charge >= 0.3 is 11.9 Å². The van der Waals surface area contributed by atoms with E-state index in [-0.39, 0.29) is 43.5 Å². The SMILES string of the molecule is Cc1cc(C(F)(F)F)cc(-c2ccnc3cc(Cn4c(=O)ccn(C)c4=O)sc23)c1O[C@@H]1CC[C@@H](N)C1.Cl.Cl. The quantitative estimate of drug-likeness (QED) is 0.334. The van der Waals surface area contributed by atoms with Gasteiger partial charge in [0.2, 0.25) is 0 Å². The normalized spacial score (nSPS) is 17.1. The van der Waals surface area contributed by atoms with Gasteiger partial charge in [-0.2, -0.15) is 13.2 Å². The number of halogens is 5. The van der Waals surface area contributed by atoms with Crippen LogP contribution >= 0.6 is 36.2 Å². The molecule has 2 N–H and O–H groups in total. The molecule has 2 atom stereocenters. The number of hydrogen-bond donors (Lipinski definition) is 1. The summed E-state index contributed by atoms with van der Waals surface area (Å²) >= 11 is 1.28. The fourth-order valence-electron chi connectivity index (χ4n) is 4.73. The average Bonchev–Trinajstić information content (AvgIpc) is 3.45. The minimum Gasteiger partial charge on any atom is -0.489 e. The molecule has 0 spiro atoms. The van der Waals surface area contributed by atoms with Crippen LogP contribution in [0.5, 0.6) is 5.75 Å². The zero-order chi connectivity index (χ0) is 26.5. The topological polar surface area (TPSA) is 92.1 Å². The van der Waals surface area contributed by atoms with Crippen LogP contribution in [0.3, 0.4) is 0 Å². The summed E-state index contributed by atoms with van der Waals surface area (Å²) in [6, 6.07) is 6.94. The molecule has 1 aromatic carbocycles. The van der Waals surface area contributed by atoms with Crippen molar-refractivity contribution in [3.63, 3.8) is 0 Å². The van der Waals surface area contributed by atoms with E-state index in [0.29, 0.717) is 44.0 Å². The molecular formula is C26H27Cl2F3N4O3S. The Morgan fingerprint density at radius 2 is 1.87 bits per heavy atom. The number of pyridine rings is 1. The summed E-state index contributed by atoms with van der Waals surface area (Å²) < 4.78 is 50.7. The van der Waals surface area contributed by atoms with Crippen molar-refractivity contribution in [3.05, 3.63) is 79.6 Å². The first-order valence-electron chi connectivity index (χ1n) is 11.8. The molecule has 7 nitrogen and oxygen atoms in total. The third kappa shape index (κ3) is 6.16. The third-order valence-electron chi connectivity index (χ3n) is 6.62. The molecule has 5 rings (SSSR count). The molecule has 0 radical (unpaired) electrons. The summed E-state index contributed by atoms with van der Waals surface area (Å²) in [5.74, 6) is 0.391. The van der Waals surface area contributed by atoms with E-state index in [0.717, 1.165) is 29.5 Å². The second-order valence-electron chi connectivity index (χ2n) is 9.40. The van der Waals surface area contributed by atoms with E-state index in [2.05, 4.69) is 4.98 Å². The average molecular weight is 603 g/mol. The minimum atomic E-state index is -4.53.